The number of hydrogen-bond acceptors (Lipinski definition) is 2. The fourth-order valence-electron chi connectivity index (χ4n) is 1.34. The first-order valence-corrected chi connectivity index (χ1v) is 5.49. The highest BCUT2D eigenvalue weighted by atomic mass is 79.9. The summed E-state index contributed by atoms with van der Waals surface area (Å²) in [7, 11) is 0. The monoisotopic (exact) mass is 249 g/mol. The van der Waals surface area contributed by atoms with E-state index in [1.54, 1.807) is 4.90 Å². The van der Waals surface area contributed by atoms with Crippen molar-refractivity contribution in [1.29, 1.82) is 0 Å². The highest BCUT2D eigenvalue weighted by Crippen LogP contribution is 2.05. The Labute approximate surface area is 87.6 Å². The highest BCUT2D eigenvalue weighted by Gasteiger charge is 2.16. The fraction of sp³-hybridized carbons (Fsp3) is 0.778. The number of alkyl halides is 1. The van der Waals surface area contributed by atoms with Gasteiger partial charge in [0.2, 0.25) is 5.91 Å². The van der Waals surface area contributed by atoms with Gasteiger partial charge in [0.25, 0.3) is 0 Å². The lowest BCUT2D eigenvalue weighted by Crippen LogP contribution is -2.38. The van der Waals surface area contributed by atoms with Crippen molar-refractivity contribution in [3.05, 3.63) is 0 Å². The Bertz CT molecular complexity index is 194. The molecule has 0 aromatic carbocycles. The van der Waals surface area contributed by atoms with E-state index in [0.717, 1.165) is 0 Å². The predicted octanol–water partition coefficient (Wildman–Crippen LogP) is 1.60. The minimum Gasteiger partial charge on any atom is -0.340 e. The van der Waals surface area contributed by atoms with Gasteiger partial charge in [-0.15, -0.1) is 0 Å². The zero-order valence-corrected chi connectivity index (χ0v) is 9.93. The third-order valence-electron chi connectivity index (χ3n) is 1.95. The summed E-state index contributed by atoms with van der Waals surface area (Å²) in [5.74, 6) is 0.157. The summed E-state index contributed by atoms with van der Waals surface area (Å²) in [6, 6.07) is 0.00699. The number of carbonyl (C=O) groups excluding carboxylic acids is 2. The van der Waals surface area contributed by atoms with Gasteiger partial charge in [0.1, 0.15) is 5.78 Å². The Balaban J connectivity index is 4.13. The second-order valence-electron chi connectivity index (χ2n) is 3.03. The molecule has 76 valence electrons. The minimum absolute atomic E-state index is 0.00699. The average molecular weight is 250 g/mol. The van der Waals surface area contributed by atoms with Gasteiger partial charge in [-0.05, 0) is 13.8 Å². The second-order valence-corrected chi connectivity index (χ2v) is 3.59. The van der Waals surface area contributed by atoms with Gasteiger partial charge in [-0.1, -0.05) is 15.9 Å². The van der Waals surface area contributed by atoms with E-state index in [-0.39, 0.29) is 17.7 Å². The molecule has 1 atom stereocenters. The smallest absolute Gasteiger partial charge is 0.219 e. The number of nitrogens with zero attached hydrogens (tertiary/aromatic N) is 1. The van der Waals surface area contributed by atoms with Gasteiger partial charge in [-0.3, -0.25) is 9.59 Å². The molecule has 1 amide bonds. The Morgan fingerprint density at radius 3 is 2.31 bits per heavy atom. The first kappa shape index (κ1) is 12.6. The SMILES string of the molecule is CCN(C(C)=O)C(C)CC(=O)CBr. The van der Waals surface area contributed by atoms with E-state index in [0.29, 0.717) is 18.3 Å². The molecule has 0 fully saturated rings. The Kier molecular flexibility index (Phi) is 5.95. The lowest BCUT2D eigenvalue weighted by molar-refractivity contribution is -0.131. The maximum Gasteiger partial charge on any atom is 0.219 e. The van der Waals surface area contributed by atoms with E-state index in [1.165, 1.54) is 6.92 Å². The van der Waals surface area contributed by atoms with E-state index in [9.17, 15) is 9.59 Å². The predicted molar refractivity (Wildman–Crippen MR) is 55.9 cm³/mol. The maximum absolute atomic E-state index is 11.1. The Morgan fingerprint density at radius 2 is 2.00 bits per heavy atom. The molecule has 0 aliphatic heterocycles. The molecule has 0 bridgehead atoms. The summed E-state index contributed by atoms with van der Waals surface area (Å²) in [6.07, 6.45) is 0.429. The molecule has 0 spiro atoms. The van der Waals surface area contributed by atoms with Gasteiger partial charge in [0.15, 0.2) is 0 Å². The van der Waals surface area contributed by atoms with Crippen LogP contribution < -0.4 is 0 Å². The molecule has 0 rings (SSSR count). The summed E-state index contributed by atoms with van der Waals surface area (Å²) in [5, 5.41) is 0.368. The topological polar surface area (TPSA) is 37.4 Å². The van der Waals surface area contributed by atoms with Crippen molar-refractivity contribution in [3.8, 4) is 0 Å². The van der Waals surface area contributed by atoms with Crippen LogP contribution in [0.3, 0.4) is 0 Å². The number of Topliss-reactive ketones (excluding diaryl/α,β-unsaturated/α-hetero) is 1. The summed E-state index contributed by atoms with van der Waals surface area (Å²) in [6.45, 7) is 5.99. The lowest BCUT2D eigenvalue weighted by Gasteiger charge is -2.26. The van der Waals surface area contributed by atoms with Crippen LogP contribution in [0.5, 0.6) is 0 Å². The van der Waals surface area contributed by atoms with E-state index >= 15 is 0 Å². The molecular weight excluding hydrogens is 234 g/mol. The van der Waals surface area contributed by atoms with Crippen molar-refractivity contribution in [2.24, 2.45) is 0 Å². The molecule has 0 aliphatic rings. The van der Waals surface area contributed by atoms with Gasteiger partial charge in [0, 0.05) is 25.9 Å². The van der Waals surface area contributed by atoms with E-state index in [4.69, 9.17) is 0 Å². The van der Waals surface area contributed by atoms with E-state index in [2.05, 4.69) is 15.9 Å². The van der Waals surface area contributed by atoms with E-state index < -0.39 is 0 Å². The molecule has 0 heterocycles. The maximum atomic E-state index is 11.1. The summed E-state index contributed by atoms with van der Waals surface area (Å²) >= 11 is 3.10. The molecule has 1 unspecified atom stereocenters. The molecule has 0 saturated carbocycles. The van der Waals surface area contributed by atoms with Crippen LogP contribution in [0.1, 0.15) is 27.2 Å². The van der Waals surface area contributed by atoms with Crippen molar-refractivity contribution in [1.82, 2.24) is 4.90 Å². The number of amides is 1. The molecule has 0 aromatic heterocycles. The third kappa shape index (κ3) is 4.41. The molecule has 4 heteroatoms. The van der Waals surface area contributed by atoms with Gasteiger partial charge >= 0.3 is 0 Å². The third-order valence-corrected chi connectivity index (χ3v) is 2.57. The van der Waals surface area contributed by atoms with Crippen LogP contribution in [0.25, 0.3) is 0 Å². The van der Waals surface area contributed by atoms with Crippen LogP contribution in [-0.2, 0) is 9.59 Å². The van der Waals surface area contributed by atoms with Crippen LogP contribution >= 0.6 is 15.9 Å². The van der Waals surface area contributed by atoms with Crippen LogP contribution in [0.4, 0.5) is 0 Å². The van der Waals surface area contributed by atoms with Crippen molar-refractivity contribution in [3.63, 3.8) is 0 Å². The van der Waals surface area contributed by atoms with Crippen LogP contribution in [0.15, 0.2) is 0 Å². The standard InChI is InChI=1S/C9H16BrNO2/c1-4-11(8(3)12)7(2)5-9(13)6-10/h7H,4-6H2,1-3H3. The minimum atomic E-state index is 0.00699. The van der Waals surface area contributed by atoms with Crippen molar-refractivity contribution >= 4 is 27.6 Å². The van der Waals surface area contributed by atoms with Crippen molar-refractivity contribution in [2.45, 2.75) is 33.2 Å². The number of rotatable bonds is 5. The van der Waals surface area contributed by atoms with Crippen molar-refractivity contribution in [2.75, 3.05) is 11.9 Å². The van der Waals surface area contributed by atoms with Crippen molar-refractivity contribution < 1.29 is 9.59 Å². The fourth-order valence-corrected chi connectivity index (χ4v) is 1.57. The number of hydrogen-bond donors (Lipinski definition) is 0. The highest BCUT2D eigenvalue weighted by molar-refractivity contribution is 9.09. The van der Waals surface area contributed by atoms with Gasteiger partial charge in [0.05, 0.1) is 5.33 Å². The molecule has 0 aliphatic carbocycles. The normalized spacial score (nSPS) is 12.3. The van der Waals surface area contributed by atoms with Gasteiger partial charge in [-0.2, -0.15) is 0 Å². The quantitative estimate of drug-likeness (QED) is 0.695. The molecular formula is C9H16BrNO2. The largest absolute Gasteiger partial charge is 0.340 e. The summed E-state index contributed by atoms with van der Waals surface area (Å²) in [5.41, 5.74) is 0. The average Bonchev–Trinajstić information content (AvgIpc) is 2.04. The molecule has 13 heavy (non-hydrogen) atoms. The lowest BCUT2D eigenvalue weighted by atomic mass is 10.1. The summed E-state index contributed by atoms with van der Waals surface area (Å²) in [4.78, 5) is 23.9. The number of halogens is 1. The molecule has 0 aromatic rings. The molecule has 3 nitrogen and oxygen atoms in total. The first-order valence-electron chi connectivity index (χ1n) is 4.37. The van der Waals surface area contributed by atoms with Crippen LogP contribution in [0.2, 0.25) is 0 Å². The van der Waals surface area contributed by atoms with Gasteiger partial charge in [-0.25, -0.2) is 0 Å². The second kappa shape index (κ2) is 6.13. The Morgan fingerprint density at radius 1 is 1.46 bits per heavy atom. The first-order chi connectivity index (χ1) is 6.02. The van der Waals surface area contributed by atoms with E-state index in [1.807, 2.05) is 13.8 Å². The van der Waals surface area contributed by atoms with Gasteiger partial charge < -0.3 is 4.90 Å². The zero-order valence-electron chi connectivity index (χ0n) is 8.34. The Hall–Kier alpha value is -0.380. The summed E-state index contributed by atoms with van der Waals surface area (Å²) < 4.78 is 0. The zero-order chi connectivity index (χ0) is 10.4. The van der Waals surface area contributed by atoms with Crippen LogP contribution in [-0.4, -0.2) is 34.5 Å². The van der Waals surface area contributed by atoms with Crippen LogP contribution in [0, 0.1) is 0 Å². The number of ketones is 1. The molecule has 0 N–H and O–H groups in total. The molecule has 0 saturated heterocycles. The molecule has 0 radical (unpaired) electrons. The number of carbonyl (C=O) groups is 2.